The standard InChI is InChI=1S/C15H20Cl3NO3/c1-3-4-8-21-12-6-5-11(10-13(12)20-2)7-9-22-14(19)15(16,17)18/h5-6,10,19H,3-4,7-9H2,1-2H3. The van der Waals surface area contributed by atoms with Gasteiger partial charge in [-0.05, 0) is 24.1 Å². The first-order valence-corrected chi connectivity index (χ1v) is 8.10. The molecule has 0 aromatic heterocycles. The van der Waals surface area contributed by atoms with Crippen LogP contribution in [0.3, 0.4) is 0 Å². The zero-order valence-electron chi connectivity index (χ0n) is 12.6. The van der Waals surface area contributed by atoms with Crippen molar-refractivity contribution in [1.82, 2.24) is 0 Å². The molecule has 0 fully saturated rings. The number of benzene rings is 1. The van der Waals surface area contributed by atoms with Crippen LogP contribution in [-0.4, -0.2) is 30.0 Å². The van der Waals surface area contributed by atoms with Crippen molar-refractivity contribution in [1.29, 1.82) is 5.41 Å². The summed E-state index contributed by atoms with van der Waals surface area (Å²) < 4.78 is 14.3. The Labute approximate surface area is 146 Å². The molecule has 0 saturated heterocycles. The summed E-state index contributed by atoms with van der Waals surface area (Å²) in [5.74, 6) is 1.00. The van der Waals surface area contributed by atoms with Crippen LogP contribution in [0.25, 0.3) is 0 Å². The van der Waals surface area contributed by atoms with E-state index in [9.17, 15) is 0 Å². The van der Waals surface area contributed by atoms with E-state index in [0.717, 1.165) is 24.2 Å². The van der Waals surface area contributed by atoms with Gasteiger partial charge in [0, 0.05) is 6.42 Å². The number of ether oxygens (including phenoxy) is 3. The molecule has 0 aliphatic heterocycles. The molecule has 0 atom stereocenters. The summed E-state index contributed by atoms with van der Waals surface area (Å²) in [6.07, 6.45) is 2.64. The van der Waals surface area contributed by atoms with Crippen LogP contribution in [-0.2, 0) is 11.2 Å². The number of unbranched alkanes of at least 4 members (excludes halogenated alkanes) is 1. The van der Waals surface area contributed by atoms with Crippen LogP contribution in [0, 0.1) is 5.41 Å². The first-order chi connectivity index (χ1) is 10.4. The summed E-state index contributed by atoms with van der Waals surface area (Å²) in [6, 6.07) is 5.67. The number of alkyl halides is 3. The van der Waals surface area contributed by atoms with Gasteiger partial charge in [0.05, 0.1) is 20.3 Å². The molecule has 1 N–H and O–H groups in total. The van der Waals surface area contributed by atoms with Crippen LogP contribution >= 0.6 is 34.8 Å². The van der Waals surface area contributed by atoms with E-state index >= 15 is 0 Å². The van der Waals surface area contributed by atoms with Gasteiger partial charge < -0.3 is 14.2 Å². The number of halogens is 3. The minimum absolute atomic E-state index is 0.242. The number of nitrogens with one attached hydrogen (secondary N) is 1. The van der Waals surface area contributed by atoms with Crippen molar-refractivity contribution in [2.24, 2.45) is 0 Å². The van der Waals surface area contributed by atoms with Crippen LogP contribution in [0.15, 0.2) is 18.2 Å². The van der Waals surface area contributed by atoms with Gasteiger partial charge in [0.25, 0.3) is 3.79 Å². The van der Waals surface area contributed by atoms with Crippen molar-refractivity contribution in [2.45, 2.75) is 30.0 Å². The second-order valence-electron chi connectivity index (χ2n) is 4.61. The highest BCUT2D eigenvalue weighted by molar-refractivity contribution is 6.76. The van der Waals surface area contributed by atoms with Crippen LogP contribution in [0.4, 0.5) is 0 Å². The van der Waals surface area contributed by atoms with Crippen molar-refractivity contribution in [3.05, 3.63) is 23.8 Å². The molecular formula is C15H20Cl3NO3. The van der Waals surface area contributed by atoms with Crippen molar-refractivity contribution >= 4 is 40.7 Å². The van der Waals surface area contributed by atoms with E-state index in [1.54, 1.807) is 7.11 Å². The summed E-state index contributed by atoms with van der Waals surface area (Å²) in [4.78, 5) is 0. The summed E-state index contributed by atoms with van der Waals surface area (Å²) in [6.45, 7) is 3.01. The van der Waals surface area contributed by atoms with Crippen LogP contribution in [0.5, 0.6) is 11.5 Å². The summed E-state index contributed by atoms with van der Waals surface area (Å²) in [5, 5.41) is 7.45. The average Bonchev–Trinajstić information content (AvgIpc) is 2.47. The Morgan fingerprint density at radius 3 is 2.50 bits per heavy atom. The maximum Gasteiger partial charge on any atom is 0.265 e. The van der Waals surface area contributed by atoms with Crippen molar-refractivity contribution < 1.29 is 14.2 Å². The van der Waals surface area contributed by atoms with Crippen molar-refractivity contribution in [3.8, 4) is 11.5 Å². The predicted molar refractivity (Wildman–Crippen MR) is 91.1 cm³/mol. The highest BCUT2D eigenvalue weighted by Crippen LogP contribution is 2.29. The monoisotopic (exact) mass is 367 g/mol. The van der Waals surface area contributed by atoms with E-state index in [1.807, 2.05) is 18.2 Å². The maximum atomic E-state index is 7.45. The molecule has 1 aromatic rings. The average molecular weight is 369 g/mol. The normalized spacial score (nSPS) is 11.1. The van der Waals surface area contributed by atoms with E-state index in [2.05, 4.69) is 6.92 Å². The predicted octanol–water partition coefficient (Wildman–Crippen LogP) is 4.78. The Bertz CT molecular complexity index is 489. The fraction of sp³-hybridized carbons (Fsp3) is 0.533. The lowest BCUT2D eigenvalue weighted by Crippen LogP contribution is -2.22. The van der Waals surface area contributed by atoms with Gasteiger partial charge in [-0.3, -0.25) is 5.41 Å². The lowest BCUT2D eigenvalue weighted by Gasteiger charge is -2.14. The van der Waals surface area contributed by atoms with E-state index in [4.69, 9.17) is 54.4 Å². The molecule has 124 valence electrons. The molecule has 7 heteroatoms. The van der Waals surface area contributed by atoms with Gasteiger partial charge in [-0.25, -0.2) is 0 Å². The number of rotatable bonds is 8. The molecule has 0 radical (unpaired) electrons. The molecular weight excluding hydrogens is 349 g/mol. The Morgan fingerprint density at radius 2 is 1.91 bits per heavy atom. The molecule has 0 heterocycles. The highest BCUT2D eigenvalue weighted by atomic mass is 35.6. The van der Waals surface area contributed by atoms with Gasteiger partial charge in [-0.2, -0.15) is 0 Å². The quantitative estimate of drug-likeness (QED) is 0.311. The molecule has 1 rings (SSSR count). The third-order valence-electron chi connectivity index (χ3n) is 2.88. The fourth-order valence-electron chi connectivity index (χ4n) is 1.67. The van der Waals surface area contributed by atoms with Gasteiger partial charge in [0.2, 0.25) is 5.90 Å². The minimum Gasteiger partial charge on any atom is -0.493 e. The second kappa shape index (κ2) is 9.33. The van der Waals surface area contributed by atoms with Gasteiger partial charge in [-0.15, -0.1) is 0 Å². The SMILES string of the molecule is CCCCOc1ccc(CCOC(=N)C(Cl)(Cl)Cl)cc1OC. The fourth-order valence-corrected chi connectivity index (χ4v) is 1.83. The largest absolute Gasteiger partial charge is 0.493 e. The third kappa shape index (κ3) is 6.51. The van der Waals surface area contributed by atoms with Crippen LogP contribution in [0.2, 0.25) is 0 Å². The Morgan fingerprint density at radius 1 is 1.18 bits per heavy atom. The molecule has 0 spiro atoms. The van der Waals surface area contributed by atoms with Crippen LogP contribution in [0.1, 0.15) is 25.3 Å². The number of hydrogen-bond donors (Lipinski definition) is 1. The Balaban J connectivity index is 2.56. The lowest BCUT2D eigenvalue weighted by molar-refractivity contribution is 0.286. The molecule has 22 heavy (non-hydrogen) atoms. The van der Waals surface area contributed by atoms with E-state index in [0.29, 0.717) is 18.8 Å². The smallest absolute Gasteiger partial charge is 0.265 e. The second-order valence-corrected chi connectivity index (χ2v) is 6.89. The Hall–Kier alpha value is -0.840. The highest BCUT2D eigenvalue weighted by Gasteiger charge is 2.28. The molecule has 0 aliphatic carbocycles. The molecule has 0 aliphatic rings. The van der Waals surface area contributed by atoms with Crippen molar-refractivity contribution in [2.75, 3.05) is 20.3 Å². The lowest BCUT2D eigenvalue weighted by atomic mass is 10.1. The molecule has 0 amide bonds. The van der Waals surface area contributed by atoms with Crippen LogP contribution < -0.4 is 9.47 Å². The van der Waals surface area contributed by atoms with E-state index in [1.165, 1.54) is 0 Å². The van der Waals surface area contributed by atoms with Crippen molar-refractivity contribution in [3.63, 3.8) is 0 Å². The van der Waals surface area contributed by atoms with E-state index < -0.39 is 3.79 Å². The topological polar surface area (TPSA) is 51.5 Å². The van der Waals surface area contributed by atoms with Gasteiger partial charge >= 0.3 is 0 Å². The third-order valence-corrected chi connectivity index (χ3v) is 3.39. The van der Waals surface area contributed by atoms with Gasteiger partial charge in [-0.1, -0.05) is 54.2 Å². The minimum atomic E-state index is -1.82. The summed E-state index contributed by atoms with van der Waals surface area (Å²) in [5.41, 5.74) is 0.983. The molecule has 4 nitrogen and oxygen atoms in total. The molecule has 0 unspecified atom stereocenters. The first-order valence-electron chi connectivity index (χ1n) is 6.96. The summed E-state index contributed by atoms with van der Waals surface area (Å²) >= 11 is 16.6. The summed E-state index contributed by atoms with van der Waals surface area (Å²) in [7, 11) is 1.60. The van der Waals surface area contributed by atoms with Gasteiger partial charge in [0.15, 0.2) is 11.5 Å². The zero-order chi connectivity index (χ0) is 16.6. The molecule has 0 bridgehead atoms. The molecule has 1 aromatic carbocycles. The maximum absolute atomic E-state index is 7.45. The zero-order valence-corrected chi connectivity index (χ0v) is 14.9. The molecule has 0 saturated carbocycles. The Kier molecular flexibility index (Phi) is 8.15. The first kappa shape index (κ1) is 19.2. The number of methoxy groups -OCH3 is 1. The number of hydrogen-bond acceptors (Lipinski definition) is 4. The van der Waals surface area contributed by atoms with E-state index in [-0.39, 0.29) is 12.5 Å². The van der Waals surface area contributed by atoms with Gasteiger partial charge in [0.1, 0.15) is 0 Å².